The largest absolute Gasteiger partial charge is 0.383 e. The van der Waals surface area contributed by atoms with Gasteiger partial charge in [0.1, 0.15) is 5.52 Å². The molecule has 0 fully saturated rings. The number of halogens is 1. The number of hydrogen-bond donors (Lipinski definition) is 1. The molecule has 4 heteroatoms. The SMILES string of the molecule is Cc1cccc(CCNc2ccnc3cc(Br)cnc23)c1. The van der Waals surface area contributed by atoms with Crippen molar-refractivity contribution in [2.45, 2.75) is 13.3 Å². The van der Waals surface area contributed by atoms with E-state index < -0.39 is 0 Å². The van der Waals surface area contributed by atoms with Crippen molar-refractivity contribution >= 4 is 32.7 Å². The first-order valence-corrected chi connectivity index (χ1v) is 7.71. The normalized spacial score (nSPS) is 10.8. The van der Waals surface area contributed by atoms with Gasteiger partial charge in [-0.25, -0.2) is 0 Å². The van der Waals surface area contributed by atoms with E-state index in [1.807, 2.05) is 18.3 Å². The Balaban J connectivity index is 1.73. The fourth-order valence-electron chi connectivity index (χ4n) is 2.36. The minimum atomic E-state index is 0.875. The summed E-state index contributed by atoms with van der Waals surface area (Å²) in [6, 6.07) is 12.6. The number of nitrogens with zero attached hydrogens (tertiary/aromatic N) is 2. The molecule has 0 unspecified atom stereocenters. The lowest BCUT2D eigenvalue weighted by Crippen LogP contribution is -2.06. The van der Waals surface area contributed by atoms with Gasteiger partial charge in [0.05, 0.1) is 11.2 Å². The average Bonchev–Trinajstić information content (AvgIpc) is 2.47. The minimum absolute atomic E-state index is 0.875. The van der Waals surface area contributed by atoms with Gasteiger partial charge in [0.2, 0.25) is 0 Å². The van der Waals surface area contributed by atoms with Crippen molar-refractivity contribution in [3.05, 3.63) is 64.4 Å². The Kier molecular flexibility index (Phi) is 4.15. The Morgan fingerprint density at radius 3 is 2.90 bits per heavy atom. The van der Waals surface area contributed by atoms with Crippen molar-refractivity contribution in [2.75, 3.05) is 11.9 Å². The van der Waals surface area contributed by atoms with Crippen LogP contribution in [-0.2, 0) is 6.42 Å². The van der Waals surface area contributed by atoms with E-state index in [-0.39, 0.29) is 0 Å². The highest BCUT2D eigenvalue weighted by molar-refractivity contribution is 9.10. The Morgan fingerprint density at radius 1 is 1.14 bits per heavy atom. The highest BCUT2D eigenvalue weighted by Gasteiger charge is 2.03. The second-order valence-electron chi connectivity index (χ2n) is 5.05. The molecule has 2 aromatic heterocycles. The molecule has 0 saturated heterocycles. The van der Waals surface area contributed by atoms with Gasteiger partial charge in [-0.1, -0.05) is 29.8 Å². The maximum atomic E-state index is 4.45. The van der Waals surface area contributed by atoms with Crippen molar-refractivity contribution < 1.29 is 0 Å². The van der Waals surface area contributed by atoms with Crippen LogP contribution in [0.25, 0.3) is 11.0 Å². The van der Waals surface area contributed by atoms with Crippen LogP contribution < -0.4 is 5.32 Å². The second-order valence-corrected chi connectivity index (χ2v) is 5.96. The van der Waals surface area contributed by atoms with Crippen LogP contribution in [0.3, 0.4) is 0 Å². The third kappa shape index (κ3) is 3.39. The summed E-state index contributed by atoms with van der Waals surface area (Å²) in [6.45, 7) is 3.00. The van der Waals surface area contributed by atoms with Crippen molar-refractivity contribution in [1.82, 2.24) is 9.97 Å². The molecule has 3 nitrogen and oxygen atoms in total. The first kappa shape index (κ1) is 14.0. The van der Waals surface area contributed by atoms with Crippen LogP contribution in [-0.4, -0.2) is 16.5 Å². The lowest BCUT2D eigenvalue weighted by molar-refractivity contribution is 1.02. The van der Waals surface area contributed by atoms with Crippen LogP contribution in [0.4, 0.5) is 5.69 Å². The smallest absolute Gasteiger partial charge is 0.112 e. The first-order valence-electron chi connectivity index (χ1n) is 6.92. The molecule has 0 bridgehead atoms. The fourth-order valence-corrected chi connectivity index (χ4v) is 2.68. The van der Waals surface area contributed by atoms with E-state index in [1.54, 1.807) is 6.20 Å². The molecule has 2 heterocycles. The summed E-state index contributed by atoms with van der Waals surface area (Å²) in [7, 11) is 0. The molecule has 3 aromatic rings. The highest BCUT2D eigenvalue weighted by Crippen LogP contribution is 2.21. The Morgan fingerprint density at radius 2 is 2.05 bits per heavy atom. The molecule has 0 amide bonds. The molecular weight excluding hydrogens is 326 g/mol. The molecule has 106 valence electrons. The Labute approximate surface area is 132 Å². The topological polar surface area (TPSA) is 37.8 Å². The van der Waals surface area contributed by atoms with Crippen molar-refractivity contribution in [3.63, 3.8) is 0 Å². The summed E-state index contributed by atoms with van der Waals surface area (Å²) < 4.78 is 0.944. The molecule has 21 heavy (non-hydrogen) atoms. The van der Waals surface area contributed by atoms with E-state index in [9.17, 15) is 0 Å². The summed E-state index contributed by atoms with van der Waals surface area (Å²) in [5, 5.41) is 3.46. The molecule has 0 radical (unpaired) electrons. The molecule has 0 atom stereocenters. The summed E-state index contributed by atoms with van der Waals surface area (Å²) in [6.07, 6.45) is 4.60. The summed E-state index contributed by atoms with van der Waals surface area (Å²) >= 11 is 3.42. The molecule has 0 aliphatic rings. The van der Waals surface area contributed by atoms with Crippen LogP contribution >= 0.6 is 15.9 Å². The zero-order valence-electron chi connectivity index (χ0n) is 11.8. The zero-order valence-corrected chi connectivity index (χ0v) is 13.4. The number of rotatable bonds is 4. The monoisotopic (exact) mass is 341 g/mol. The van der Waals surface area contributed by atoms with Gasteiger partial charge in [-0.05, 0) is 47.0 Å². The van der Waals surface area contributed by atoms with Crippen molar-refractivity contribution in [3.8, 4) is 0 Å². The van der Waals surface area contributed by atoms with Crippen molar-refractivity contribution in [2.24, 2.45) is 0 Å². The number of fused-ring (bicyclic) bond motifs is 1. The zero-order chi connectivity index (χ0) is 14.7. The van der Waals surface area contributed by atoms with E-state index >= 15 is 0 Å². The van der Waals surface area contributed by atoms with Crippen LogP contribution in [0, 0.1) is 6.92 Å². The lowest BCUT2D eigenvalue weighted by Gasteiger charge is -2.09. The standard InChI is InChI=1S/C17H16BrN3/c1-12-3-2-4-13(9-12)5-7-19-15-6-8-20-16-10-14(18)11-21-17(15)16/h2-4,6,8-11H,5,7H2,1H3,(H,19,20). The Hall–Kier alpha value is -1.94. The predicted octanol–water partition coefficient (Wildman–Crippen LogP) is 4.36. The molecular formula is C17H16BrN3. The number of benzene rings is 1. The van der Waals surface area contributed by atoms with Crippen molar-refractivity contribution in [1.29, 1.82) is 0 Å². The Bertz CT molecular complexity index is 771. The highest BCUT2D eigenvalue weighted by atomic mass is 79.9. The van der Waals surface area contributed by atoms with E-state index in [0.717, 1.165) is 34.2 Å². The van der Waals surface area contributed by atoms with Crippen LogP contribution in [0.15, 0.2) is 53.3 Å². The molecule has 0 spiro atoms. The van der Waals surface area contributed by atoms with E-state index in [0.29, 0.717) is 0 Å². The number of anilines is 1. The van der Waals surface area contributed by atoms with Crippen LogP contribution in [0.2, 0.25) is 0 Å². The second kappa shape index (κ2) is 6.22. The maximum Gasteiger partial charge on any atom is 0.112 e. The lowest BCUT2D eigenvalue weighted by atomic mass is 10.1. The number of nitrogens with one attached hydrogen (secondary N) is 1. The van der Waals surface area contributed by atoms with Gasteiger partial charge in [-0.15, -0.1) is 0 Å². The van der Waals surface area contributed by atoms with E-state index in [2.05, 4.69) is 62.4 Å². The molecule has 0 aliphatic heterocycles. The predicted molar refractivity (Wildman–Crippen MR) is 90.6 cm³/mol. The van der Waals surface area contributed by atoms with Gasteiger partial charge < -0.3 is 5.32 Å². The molecule has 3 rings (SSSR count). The van der Waals surface area contributed by atoms with Crippen LogP contribution in [0.5, 0.6) is 0 Å². The number of hydrogen-bond acceptors (Lipinski definition) is 3. The van der Waals surface area contributed by atoms with Gasteiger partial charge in [0.15, 0.2) is 0 Å². The van der Waals surface area contributed by atoms with Gasteiger partial charge in [0, 0.05) is 23.4 Å². The summed E-state index contributed by atoms with van der Waals surface area (Å²) in [4.78, 5) is 8.80. The molecule has 0 aliphatic carbocycles. The number of pyridine rings is 2. The molecule has 0 saturated carbocycles. The first-order chi connectivity index (χ1) is 10.2. The van der Waals surface area contributed by atoms with Crippen LogP contribution in [0.1, 0.15) is 11.1 Å². The quantitative estimate of drug-likeness (QED) is 0.766. The van der Waals surface area contributed by atoms with Gasteiger partial charge in [0.25, 0.3) is 0 Å². The van der Waals surface area contributed by atoms with E-state index in [1.165, 1.54) is 11.1 Å². The van der Waals surface area contributed by atoms with Gasteiger partial charge >= 0.3 is 0 Å². The van der Waals surface area contributed by atoms with E-state index in [4.69, 9.17) is 0 Å². The van der Waals surface area contributed by atoms with Gasteiger partial charge in [-0.2, -0.15) is 0 Å². The molecule has 1 N–H and O–H groups in total. The number of aromatic nitrogens is 2. The molecule has 1 aromatic carbocycles. The fraction of sp³-hybridized carbons (Fsp3) is 0.176. The summed E-state index contributed by atoms with van der Waals surface area (Å²) in [5.41, 5.74) is 5.47. The average molecular weight is 342 g/mol. The minimum Gasteiger partial charge on any atom is -0.383 e. The third-order valence-electron chi connectivity index (χ3n) is 3.36. The number of aryl methyl sites for hydroxylation is 1. The third-order valence-corrected chi connectivity index (χ3v) is 3.79. The maximum absolute atomic E-state index is 4.45. The van der Waals surface area contributed by atoms with Gasteiger partial charge in [-0.3, -0.25) is 9.97 Å². The summed E-state index contributed by atoms with van der Waals surface area (Å²) in [5.74, 6) is 0.